The minimum atomic E-state index is -0.480. The Balaban J connectivity index is 2.00. The molecule has 1 N–H and O–H groups in total. The van der Waals surface area contributed by atoms with Gasteiger partial charge in [-0.15, -0.1) is 0 Å². The highest BCUT2D eigenvalue weighted by molar-refractivity contribution is 5.67. The van der Waals surface area contributed by atoms with Crippen molar-refractivity contribution in [2.24, 2.45) is 13.0 Å². The summed E-state index contributed by atoms with van der Waals surface area (Å²) in [5.74, 6) is 0.734. The van der Waals surface area contributed by atoms with Gasteiger partial charge in [-0.05, 0) is 45.1 Å². The first-order valence-corrected chi connectivity index (χ1v) is 7.88. The third-order valence-electron chi connectivity index (χ3n) is 3.85. The summed E-state index contributed by atoms with van der Waals surface area (Å²) in [6, 6.07) is 0. The van der Waals surface area contributed by atoms with Crippen molar-refractivity contribution in [1.82, 2.24) is 15.1 Å². The smallest absolute Gasteiger partial charge is 0.407 e. The summed E-state index contributed by atoms with van der Waals surface area (Å²) in [7, 11) is 1.91. The SMILES string of the molecule is Cn1cc(C(CNC(=O)OC(C)(C)C)C2CCOCC2)cn1. The lowest BCUT2D eigenvalue weighted by atomic mass is 9.82. The van der Waals surface area contributed by atoms with E-state index in [1.165, 1.54) is 0 Å². The zero-order valence-electron chi connectivity index (χ0n) is 14.0. The summed E-state index contributed by atoms with van der Waals surface area (Å²) in [5.41, 5.74) is 0.678. The van der Waals surface area contributed by atoms with Gasteiger partial charge in [0.05, 0.1) is 6.20 Å². The van der Waals surface area contributed by atoms with Crippen molar-refractivity contribution in [2.75, 3.05) is 19.8 Å². The van der Waals surface area contributed by atoms with Crippen molar-refractivity contribution in [1.29, 1.82) is 0 Å². The maximum Gasteiger partial charge on any atom is 0.407 e. The molecular formula is C16H27N3O3. The molecule has 6 nitrogen and oxygen atoms in total. The first-order chi connectivity index (χ1) is 10.3. The van der Waals surface area contributed by atoms with Crippen LogP contribution in [0.15, 0.2) is 12.4 Å². The second-order valence-corrected chi connectivity index (χ2v) is 6.89. The molecule has 1 saturated heterocycles. The molecule has 0 bridgehead atoms. The van der Waals surface area contributed by atoms with Gasteiger partial charge < -0.3 is 14.8 Å². The van der Waals surface area contributed by atoms with E-state index in [1.54, 1.807) is 4.68 Å². The topological polar surface area (TPSA) is 65.4 Å². The second kappa shape index (κ2) is 7.13. The van der Waals surface area contributed by atoms with E-state index in [9.17, 15) is 4.79 Å². The average Bonchev–Trinajstić information content (AvgIpc) is 2.85. The first-order valence-electron chi connectivity index (χ1n) is 7.88. The number of nitrogens with zero attached hydrogens (tertiary/aromatic N) is 2. The number of nitrogens with one attached hydrogen (secondary N) is 1. The lowest BCUT2D eigenvalue weighted by molar-refractivity contribution is 0.0472. The van der Waals surface area contributed by atoms with Gasteiger partial charge in [-0.1, -0.05) is 0 Å². The standard InChI is InChI=1S/C16H27N3O3/c1-16(2,3)22-15(20)17-10-14(12-5-7-21-8-6-12)13-9-18-19(4)11-13/h9,11-12,14H,5-8,10H2,1-4H3,(H,17,20). The highest BCUT2D eigenvalue weighted by Crippen LogP contribution is 2.31. The number of hydrogen-bond donors (Lipinski definition) is 1. The van der Waals surface area contributed by atoms with Crippen LogP contribution in [0.5, 0.6) is 0 Å². The van der Waals surface area contributed by atoms with E-state index in [2.05, 4.69) is 10.4 Å². The molecule has 0 aliphatic carbocycles. The molecular weight excluding hydrogens is 282 g/mol. The molecule has 1 amide bonds. The summed E-state index contributed by atoms with van der Waals surface area (Å²) in [5, 5.41) is 7.17. The van der Waals surface area contributed by atoms with Crippen molar-refractivity contribution in [2.45, 2.75) is 45.1 Å². The van der Waals surface area contributed by atoms with Crippen LogP contribution in [0.4, 0.5) is 4.79 Å². The van der Waals surface area contributed by atoms with E-state index in [-0.39, 0.29) is 12.0 Å². The largest absolute Gasteiger partial charge is 0.444 e. The van der Waals surface area contributed by atoms with Crippen LogP contribution in [0, 0.1) is 5.92 Å². The fraction of sp³-hybridized carbons (Fsp3) is 0.750. The van der Waals surface area contributed by atoms with Crippen molar-refractivity contribution in [3.8, 4) is 0 Å². The maximum atomic E-state index is 11.9. The molecule has 2 heterocycles. The van der Waals surface area contributed by atoms with E-state index in [1.807, 2.05) is 40.2 Å². The minimum Gasteiger partial charge on any atom is -0.444 e. The Morgan fingerprint density at radius 1 is 1.50 bits per heavy atom. The van der Waals surface area contributed by atoms with Crippen molar-refractivity contribution < 1.29 is 14.3 Å². The van der Waals surface area contributed by atoms with Crippen LogP contribution in [0.25, 0.3) is 0 Å². The van der Waals surface area contributed by atoms with Crippen LogP contribution in [0.3, 0.4) is 0 Å². The summed E-state index contributed by atoms with van der Waals surface area (Å²) in [6.45, 7) is 7.73. The molecule has 0 aromatic carbocycles. The number of rotatable bonds is 4. The predicted octanol–water partition coefficient (Wildman–Crippen LogP) is 2.46. The molecule has 22 heavy (non-hydrogen) atoms. The molecule has 1 atom stereocenters. The maximum absolute atomic E-state index is 11.9. The van der Waals surface area contributed by atoms with Gasteiger partial charge in [0.25, 0.3) is 0 Å². The van der Waals surface area contributed by atoms with Gasteiger partial charge in [-0.2, -0.15) is 5.10 Å². The number of amides is 1. The van der Waals surface area contributed by atoms with Crippen LogP contribution in [0.2, 0.25) is 0 Å². The number of hydrogen-bond acceptors (Lipinski definition) is 4. The van der Waals surface area contributed by atoms with Gasteiger partial charge in [0.1, 0.15) is 5.60 Å². The molecule has 0 spiro atoms. The molecule has 0 radical (unpaired) electrons. The van der Waals surface area contributed by atoms with Gasteiger partial charge >= 0.3 is 6.09 Å². The Hall–Kier alpha value is -1.56. The van der Waals surface area contributed by atoms with Gasteiger partial charge in [0, 0.05) is 38.9 Å². The molecule has 124 valence electrons. The molecule has 1 aromatic rings. The fourth-order valence-corrected chi connectivity index (χ4v) is 2.81. The summed E-state index contributed by atoms with van der Waals surface area (Å²) in [6.07, 6.45) is 5.56. The Kier molecular flexibility index (Phi) is 5.45. The monoisotopic (exact) mass is 309 g/mol. The Bertz CT molecular complexity index is 487. The van der Waals surface area contributed by atoms with Gasteiger partial charge in [-0.25, -0.2) is 4.79 Å². The third kappa shape index (κ3) is 5.02. The predicted molar refractivity (Wildman–Crippen MR) is 83.7 cm³/mol. The fourth-order valence-electron chi connectivity index (χ4n) is 2.81. The highest BCUT2D eigenvalue weighted by atomic mass is 16.6. The number of ether oxygens (including phenoxy) is 2. The Morgan fingerprint density at radius 3 is 2.73 bits per heavy atom. The number of carbonyl (C=O) groups excluding carboxylic acids is 1. The quantitative estimate of drug-likeness (QED) is 0.928. The van der Waals surface area contributed by atoms with Gasteiger partial charge in [0.15, 0.2) is 0 Å². The van der Waals surface area contributed by atoms with Crippen molar-refractivity contribution in [3.63, 3.8) is 0 Å². The molecule has 1 fully saturated rings. The van der Waals surface area contributed by atoms with Crippen LogP contribution in [0.1, 0.15) is 45.1 Å². The molecule has 1 aliphatic rings. The van der Waals surface area contributed by atoms with E-state index in [0.29, 0.717) is 12.5 Å². The molecule has 6 heteroatoms. The summed E-state index contributed by atoms with van der Waals surface area (Å²) < 4.78 is 12.6. The number of aromatic nitrogens is 2. The lowest BCUT2D eigenvalue weighted by Gasteiger charge is -2.30. The minimum absolute atomic E-state index is 0.241. The number of aryl methyl sites for hydroxylation is 1. The van der Waals surface area contributed by atoms with E-state index in [0.717, 1.165) is 31.6 Å². The molecule has 1 aliphatic heterocycles. The highest BCUT2D eigenvalue weighted by Gasteiger charge is 2.27. The van der Waals surface area contributed by atoms with E-state index < -0.39 is 5.60 Å². The van der Waals surface area contributed by atoms with E-state index in [4.69, 9.17) is 9.47 Å². The summed E-state index contributed by atoms with van der Waals surface area (Å²) in [4.78, 5) is 11.9. The Morgan fingerprint density at radius 2 is 2.18 bits per heavy atom. The van der Waals surface area contributed by atoms with Crippen LogP contribution >= 0.6 is 0 Å². The Labute approximate surface area is 132 Å². The summed E-state index contributed by atoms with van der Waals surface area (Å²) >= 11 is 0. The average molecular weight is 309 g/mol. The first kappa shape index (κ1) is 16.8. The van der Waals surface area contributed by atoms with E-state index >= 15 is 0 Å². The van der Waals surface area contributed by atoms with Crippen LogP contribution < -0.4 is 5.32 Å². The van der Waals surface area contributed by atoms with Crippen molar-refractivity contribution in [3.05, 3.63) is 18.0 Å². The van der Waals surface area contributed by atoms with Gasteiger partial charge in [0.2, 0.25) is 0 Å². The number of carbonyl (C=O) groups is 1. The molecule has 1 unspecified atom stereocenters. The van der Waals surface area contributed by atoms with Crippen LogP contribution in [-0.2, 0) is 16.5 Å². The third-order valence-corrected chi connectivity index (χ3v) is 3.85. The molecule has 0 saturated carbocycles. The zero-order chi connectivity index (χ0) is 16.2. The lowest BCUT2D eigenvalue weighted by Crippen LogP contribution is -2.37. The second-order valence-electron chi connectivity index (χ2n) is 6.89. The molecule has 1 aromatic heterocycles. The molecule has 2 rings (SSSR count). The van der Waals surface area contributed by atoms with Crippen molar-refractivity contribution >= 4 is 6.09 Å². The zero-order valence-corrected chi connectivity index (χ0v) is 14.0. The number of alkyl carbamates (subject to hydrolysis) is 1. The normalized spacial score (nSPS) is 18.0. The van der Waals surface area contributed by atoms with Crippen LogP contribution in [-0.4, -0.2) is 41.2 Å². The van der Waals surface area contributed by atoms with Gasteiger partial charge in [-0.3, -0.25) is 4.68 Å².